The number of amides is 1. The summed E-state index contributed by atoms with van der Waals surface area (Å²) < 4.78 is 32.7. The summed E-state index contributed by atoms with van der Waals surface area (Å²) >= 11 is 1.36. The van der Waals surface area contributed by atoms with E-state index in [-0.39, 0.29) is 23.3 Å². The number of nitrogens with one attached hydrogen (secondary N) is 2. The Morgan fingerprint density at radius 1 is 1.18 bits per heavy atom. The minimum absolute atomic E-state index is 0.114. The Morgan fingerprint density at radius 2 is 1.88 bits per heavy atom. The Hall–Kier alpha value is -2.27. The smallest absolute Gasteiger partial charge is 0.341 e. The maximum atomic E-state index is 12.7. The van der Waals surface area contributed by atoms with Crippen LogP contribution in [0.5, 0.6) is 0 Å². The van der Waals surface area contributed by atoms with Gasteiger partial charge in [0.1, 0.15) is 5.00 Å². The molecule has 0 spiro atoms. The molecule has 1 fully saturated rings. The first-order valence-electron chi connectivity index (χ1n) is 10.9. The Kier molecular flexibility index (Phi) is 8.28. The van der Waals surface area contributed by atoms with Gasteiger partial charge < -0.3 is 10.1 Å². The zero-order chi connectivity index (χ0) is 24.2. The first kappa shape index (κ1) is 25.4. The molecule has 2 heterocycles. The molecule has 0 saturated carbocycles. The van der Waals surface area contributed by atoms with E-state index < -0.39 is 16.0 Å². The number of likely N-dealkylation sites (tertiary alicyclic amines) is 1. The summed E-state index contributed by atoms with van der Waals surface area (Å²) in [6.45, 7) is 7.53. The number of sulfonamides is 1. The zero-order valence-corrected chi connectivity index (χ0v) is 21.1. The number of rotatable bonds is 8. The van der Waals surface area contributed by atoms with Crippen molar-refractivity contribution in [3.05, 3.63) is 45.8 Å². The molecule has 1 aliphatic rings. The van der Waals surface area contributed by atoms with Gasteiger partial charge in [0.25, 0.3) is 0 Å². The quantitative estimate of drug-likeness (QED) is 0.548. The predicted octanol–water partition coefficient (Wildman–Crippen LogP) is 3.09. The van der Waals surface area contributed by atoms with Gasteiger partial charge in [0, 0.05) is 18.0 Å². The summed E-state index contributed by atoms with van der Waals surface area (Å²) in [7, 11) is -2.24. The zero-order valence-electron chi connectivity index (χ0n) is 19.4. The second-order valence-electron chi connectivity index (χ2n) is 8.44. The van der Waals surface area contributed by atoms with Crippen LogP contribution in [-0.2, 0) is 19.6 Å². The molecular weight excluding hydrogens is 462 g/mol. The SMILES string of the molecule is COC(=O)c1c(NC(=O)CN2CCCC(CNS(=O)(=O)c3ccc(C)cc3)C2)sc(C)c1C. The normalized spacial score (nSPS) is 17.0. The van der Waals surface area contributed by atoms with E-state index in [2.05, 4.69) is 10.0 Å². The molecule has 1 amide bonds. The van der Waals surface area contributed by atoms with Gasteiger partial charge in [-0.15, -0.1) is 11.3 Å². The Labute approximate surface area is 199 Å². The van der Waals surface area contributed by atoms with Crippen molar-refractivity contribution in [1.82, 2.24) is 9.62 Å². The lowest BCUT2D eigenvalue weighted by atomic mass is 9.98. The van der Waals surface area contributed by atoms with Crippen LogP contribution in [0.25, 0.3) is 0 Å². The first-order chi connectivity index (χ1) is 15.6. The summed E-state index contributed by atoms with van der Waals surface area (Å²) in [6.07, 6.45) is 1.78. The van der Waals surface area contributed by atoms with Crippen LogP contribution in [0.3, 0.4) is 0 Å². The van der Waals surface area contributed by atoms with Gasteiger partial charge in [0.15, 0.2) is 0 Å². The molecule has 3 rings (SSSR count). The van der Waals surface area contributed by atoms with Crippen molar-refractivity contribution in [1.29, 1.82) is 0 Å². The highest BCUT2D eigenvalue weighted by atomic mass is 32.2. The number of hydrogen-bond donors (Lipinski definition) is 2. The number of esters is 1. The van der Waals surface area contributed by atoms with E-state index in [0.717, 1.165) is 35.4 Å². The number of anilines is 1. The molecule has 1 atom stereocenters. The van der Waals surface area contributed by atoms with Crippen molar-refractivity contribution in [3.63, 3.8) is 0 Å². The first-order valence-corrected chi connectivity index (χ1v) is 13.2. The summed E-state index contributed by atoms with van der Waals surface area (Å²) in [5.41, 5.74) is 2.21. The lowest BCUT2D eigenvalue weighted by molar-refractivity contribution is -0.117. The van der Waals surface area contributed by atoms with Crippen molar-refractivity contribution in [3.8, 4) is 0 Å². The van der Waals surface area contributed by atoms with Gasteiger partial charge in [-0.1, -0.05) is 17.7 Å². The molecule has 0 bridgehead atoms. The largest absolute Gasteiger partial charge is 0.465 e. The van der Waals surface area contributed by atoms with Crippen molar-refractivity contribution in [2.45, 2.75) is 38.5 Å². The number of piperidine rings is 1. The summed E-state index contributed by atoms with van der Waals surface area (Å²) in [5, 5.41) is 3.36. The van der Waals surface area contributed by atoms with Crippen LogP contribution in [-0.4, -0.2) is 58.5 Å². The second-order valence-corrected chi connectivity index (χ2v) is 11.4. The van der Waals surface area contributed by atoms with Gasteiger partial charge in [-0.2, -0.15) is 0 Å². The highest BCUT2D eigenvalue weighted by Gasteiger charge is 2.26. The van der Waals surface area contributed by atoms with E-state index in [1.165, 1.54) is 18.4 Å². The number of carbonyl (C=O) groups excluding carboxylic acids is 2. The van der Waals surface area contributed by atoms with Gasteiger partial charge in [-0.3, -0.25) is 9.69 Å². The van der Waals surface area contributed by atoms with E-state index in [4.69, 9.17) is 4.74 Å². The Morgan fingerprint density at radius 3 is 2.55 bits per heavy atom. The molecule has 1 aromatic carbocycles. The van der Waals surface area contributed by atoms with E-state index in [1.807, 2.05) is 25.7 Å². The van der Waals surface area contributed by atoms with Crippen LogP contribution in [0, 0.1) is 26.7 Å². The lowest BCUT2D eigenvalue weighted by Crippen LogP contribution is -2.43. The predicted molar refractivity (Wildman–Crippen MR) is 129 cm³/mol. The average Bonchev–Trinajstić information content (AvgIpc) is 3.05. The van der Waals surface area contributed by atoms with E-state index in [1.54, 1.807) is 24.3 Å². The molecule has 0 radical (unpaired) electrons. The molecule has 8 nitrogen and oxygen atoms in total. The number of thiophene rings is 1. The maximum absolute atomic E-state index is 12.7. The van der Waals surface area contributed by atoms with Gasteiger partial charge in [-0.25, -0.2) is 17.9 Å². The third kappa shape index (κ3) is 6.41. The topological polar surface area (TPSA) is 105 Å². The Bertz CT molecular complexity index is 1110. The standard InChI is InChI=1S/C23H31N3O5S2/c1-15-7-9-19(10-8-15)33(29,30)24-12-18-6-5-11-26(13-18)14-20(27)25-22-21(23(28)31-4)16(2)17(3)32-22/h7-10,18,24H,5-6,11-14H2,1-4H3,(H,25,27). The molecule has 1 aliphatic heterocycles. The highest BCUT2D eigenvalue weighted by Crippen LogP contribution is 2.33. The monoisotopic (exact) mass is 493 g/mol. The van der Waals surface area contributed by atoms with Gasteiger partial charge in [-0.05, 0) is 63.8 Å². The Balaban J connectivity index is 1.56. The fraction of sp³-hybridized carbons (Fsp3) is 0.478. The third-order valence-corrected chi connectivity index (χ3v) is 8.45. The minimum Gasteiger partial charge on any atom is -0.465 e. The number of methoxy groups -OCH3 is 1. The van der Waals surface area contributed by atoms with Crippen molar-refractivity contribution in [2.24, 2.45) is 5.92 Å². The van der Waals surface area contributed by atoms with E-state index >= 15 is 0 Å². The van der Waals surface area contributed by atoms with E-state index in [0.29, 0.717) is 23.7 Å². The fourth-order valence-electron chi connectivity index (χ4n) is 3.92. The molecule has 0 aliphatic carbocycles. The maximum Gasteiger partial charge on any atom is 0.341 e. The molecule has 180 valence electrons. The van der Waals surface area contributed by atoms with Crippen LogP contribution >= 0.6 is 11.3 Å². The molecule has 1 aromatic heterocycles. The van der Waals surface area contributed by atoms with Gasteiger partial charge in [0.2, 0.25) is 15.9 Å². The summed E-state index contributed by atoms with van der Waals surface area (Å²) in [6, 6.07) is 6.76. The third-order valence-electron chi connectivity index (χ3n) is 5.89. The highest BCUT2D eigenvalue weighted by molar-refractivity contribution is 7.89. The molecule has 2 aromatic rings. The molecule has 1 unspecified atom stereocenters. The van der Waals surface area contributed by atoms with E-state index in [9.17, 15) is 18.0 Å². The van der Waals surface area contributed by atoms with Crippen LogP contribution in [0.1, 0.15) is 39.2 Å². The van der Waals surface area contributed by atoms with Crippen LogP contribution in [0.2, 0.25) is 0 Å². The number of ether oxygens (including phenoxy) is 1. The van der Waals surface area contributed by atoms with Gasteiger partial charge in [0.05, 0.1) is 24.1 Å². The number of aryl methyl sites for hydroxylation is 2. The number of hydrogen-bond acceptors (Lipinski definition) is 7. The van der Waals surface area contributed by atoms with Gasteiger partial charge >= 0.3 is 5.97 Å². The fourth-order valence-corrected chi connectivity index (χ4v) is 6.10. The van der Waals surface area contributed by atoms with Crippen molar-refractivity contribution >= 4 is 38.2 Å². The van der Waals surface area contributed by atoms with Crippen molar-refractivity contribution in [2.75, 3.05) is 38.6 Å². The second kappa shape index (κ2) is 10.8. The average molecular weight is 494 g/mol. The molecule has 1 saturated heterocycles. The summed E-state index contributed by atoms with van der Waals surface area (Å²) in [5.74, 6) is -0.558. The molecule has 10 heteroatoms. The van der Waals surface area contributed by atoms with Crippen molar-refractivity contribution < 1.29 is 22.7 Å². The minimum atomic E-state index is -3.57. The molecule has 2 N–H and O–H groups in total. The molecular formula is C23H31N3O5S2. The lowest BCUT2D eigenvalue weighted by Gasteiger charge is -2.32. The van der Waals surface area contributed by atoms with Crippen LogP contribution in [0.15, 0.2) is 29.2 Å². The number of benzene rings is 1. The number of carbonyl (C=O) groups is 2. The van der Waals surface area contributed by atoms with Crippen LogP contribution in [0.4, 0.5) is 5.00 Å². The van der Waals surface area contributed by atoms with Crippen LogP contribution < -0.4 is 10.0 Å². The number of nitrogens with zero attached hydrogens (tertiary/aromatic N) is 1. The summed E-state index contributed by atoms with van der Waals surface area (Å²) in [4.78, 5) is 28.0. The molecule has 33 heavy (non-hydrogen) atoms.